The molecule has 4 nitrogen and oxygen atoms in total. The van der Waals surface area contributed by atoms with Crippen LogP contribution in [0.5, 0.6) is 0 Å². The summed E-state index contributed by atoms with van der Waals surface area (Å²) in [6, 6.07) is 9.99. The molecule has 0 bridgehead atoms. The largest absolute Gasteiger partial charge is 0.346 e. The molecule has 2 aromatic rings. The van der Waals surface area contributed by atoms with Gasteiger partial charge in [-0.3, -0.25) is 4.79 Å². The molecule has 0 aliphatic rings. The van der Waals surface area contributed by atoms with Crippen LogP contribution < -0.4 is 5.32 Å². The van der Waals surface area contributed by atoms with Gasteiger partial charge in [-0.25, -0.2) is 4.68 Å². The van der Waals surface area contributed by atoms with Crippen molar-refractivity contribution >= 4 is 5.91 Å². The number of hydrogen-bond donors (Lipinski definition) is 1. The minimum atomic E-state index is -0.468. The topological polar surface area (TPSA) is 46.9 Å². The van der Waals surface area contributed by atoms with Crippen molar-refractivity contribution < 1.29 is 4.79 Å². The van der Waals surface area contributed by atoms with Crippen molar-refractivity contribution in [3.05, 3.63) is 47.8 Å². The summed E-state index contributed by atoms with van der Waals surface area (Å²) in [4.78, 5) is 11.3. The second kappa shape index (κ2) is 4.88. The molecule has 0 fully saturated rings. The van der Waals surface area contributed by atoms with Gasteiger partial charge in [-0.15, -0.1) is 0 Å². The van der Waals surface area contributed by atoms with E-state index in [0.717, 1.165) is 16.9 Å². The summed E-state index contributed by atoms with van der Waals surface area (Å²) < 4.78 is 1.88. The molecule has 0 saturated carbocycles. The predicted molar refractivity (Wildman–Crippen MR) is 75.1 cm³/mol. The van der Waals surface area contributed by atoms with E-state index in [1.165, 1.54) is 6.92 Å². The first-order valence-corrected chi connectivity index (χ1v) is 6.31. The molecule has 1 heterocycles. The number of nitrogens with one attached hydrogen (secondary N) is 1. The summed E-state index contributed by atoms with van der Waals surface area (Å²) >= 11 is 0. The van der Waals surface area contributed by atoms with Gasteiger partial charge in [0.15, 0.2) is 0 Å². The Morgan fingerprint density at radius 2 is 1.95 bits per heavy atom. The van der Waals surface area contributed by atoms with E-state index in [9.17, 15) is 4.79 Å². The number of carbonyl (C=O) groups is 1. The van der Waals surface area contributed by atoms with E-state index < -0.39 is 5.54 Å². The lowest BCUT2D eigenvalue weighted by Gasteiger charge is -2.27. The molecule has 0 aliphatic heterocycles. The smallest absolute Gasteiger partial charge is 0.217 e. The highest BCUT2D eigenvalue weighted by Gasteiger charge is 2.26. The van der Waals surface area contributed by atoms with Gasteiger partial charge in [-0.2, -0.15) is 5.10 Å². The highest BCUT2D eigenvalue weighted by atomic mass is 16.1. The second-order valence-corrected chi connectivity index (χ2v) is 5.22. The van der Waals surface area contributed by atoms with Gasteiger partial charge in [0, 0.05) is 13.1 Å². The first-order valence-electron chi connectivity index (χ1n) is 6.31. The zero-order chi connectivity index (χ0) is 14.0. The van der Waals surface area contributed by atoms with Crippen LogP contribution in [0, 0.1) is 6.92 Å². The zero-order valence-corrected chi connectivity index (χ0v) is 11.8. The van der Waals surface area contributed by atoms with Gasteiger partial charge in [0.1, 0.15) is 0 Å². The van der Waals surface area contributed by atoms with Gasteiger partial charge < -0.3 is 5.32 Å². The Kier molecular flexibility index (Phi) is 3.42. The van der Waals surface area contributed by atoms with E-state index in [2.05, 4.69) is 10.4 Å². The van der Waals surface area contributed by atoms with Crippen molar-refractivity contribution in [1.29, 1.82) is 0 Å². The highest BCUT2D eigenvalue weighted by Crippen LogP contribution is 2.24. The second-order valence-electron chi connectivity index (χ2n) is 5.22. The van der Waals surface area contributed by atoms with Crippen LogP contribution in [0.15, 0.2) is 36.5 Å². The molecule has 1 N–H and O–H groups in total. The van der Waals surface area contributed by atoms with Gasteiger partial charge in [-0.05, 0) is 38.5 Å². The molecule has 100 valence electrons. The first-order chi connectivity index (χ1) is 8.92. The third kappa shape index (κ3) is 2.67. The fraction of sp³-hybridized carbons (Fsp3) is 0.333. The van der Waals surface area contributed by atoms with Crippen LogP contribution >= 0.6 is 0 Å². The molecular weight excluding hydrogens is 238 g/mol. The summed E-state index contributed by atoms with van der Waals surface area (Å²) in [6.07, 6.45) is 1.76. The summed E-state index contributed by atoms with van der Waals surface area (Å²) in [7, 11) is 0. The lowest BCUT2D eigenvalue weighted by molar-refractivity contribution is -0.120. The van der Waals surface area contributed by atoms with Gasteiger partial charge in [0.2, 0.25) is 5.91 Å². The van der Waals surface area contributed by atoms with E-state index in [1.807, 2.05) is 55.8 Å². The molecule has 0 radical (unpaired) electrons. The van der Waals surface area contributed by atoms with Crippen LogP contribution in [0.2, 0.25) is 0 Å². The summed E-state index contributed by atoms with van der Waals surface area (Å²) in [5, 5.41) is 7.34. The zero-order valence-electron chi connectivity index (χ0n) is 11.8. The van der Waals surface area contributed by atoms with Crippen molar-refractivity contribution in [3.63, 3.8) is 0 Å². The van der Waals surface area contributed by atoms with Crippen molar-refractivity contribution in [2.75, 3.05) is 0 Å². The fourth-order valence-corrected chi connectivity index (χ4v) is 2.27. The number of carbonyl (C=O) groups excluding carboxylic acids is 1. The molecule has 19 heavy (non-hydrogen) atoms. The maximum absolute atomic E-state index is 11.3. The molecule has 0 spiro atoms. The van der Waals surface area contributed by atoms with Crippen LogP contribution in [-0.2, 0) is 10.3 Å². The van der Waals surface area contributed by atoms with E-state index in [-0.39, 0.29) is 5.91 Å². The SMILES string of the molecule is CC(=O)NC(C)(C)c1ccnn1-c1ccccc1C. The van der Waals surface area contributed by atoms with Gasteiger partial charge >= 0.3 is 0 Å². The Labute approximate surface area is 113 Å². The van der Waals surface area contributed by atoms with E-state index in [0.29, 0.717) is 0 Å². The van der Waals surface area contributed by atoms with Crippen LogP contribution in [0.25, 0.3) is 5.69 Å². The third-order valence-electron chi connectivity index (χ3n) is 3.12. The molecule has 0 aliphatic carbocycles. The van der Waals surface area contributed by atoms with Crippen molar-refractivity contribution in [1.82, 2.24) is 15.1 Å². The van der Waals surface area contributed by atoms with Crippen molar-refractivity contribution in [2.45, 2.75) is 33.2 Å². The molecule has 0 atom stereocenters. The summed E-state index contributed by atoms with van der Waals surface area (Å²) in [6.45, 7) is 7.52. The van der Waals surface area contributed by atoms with Crippen molar-refractivity contribution in [2.24, 2.45) is 0 Å². The molecular formula is C15H19N3O. The number of para-hydroxylation sites is 1. The molecule has 2 rings (SSSR count). The number of aryl methyl sites for hydroxylation is 1. The number of rotatable bonds is 3. The Bertz CT molecular complexity index is 599. The fourth-order valence-electron chi connectivity index (χ4n) is 2.27. The molecule has 1 aromatic heterocycles. The van der Waals surface area contributed by atoms with E-state index >= 15 is 0 Å². The Balaban J connectivity index is 2.49. The van der Waals surface area contributed by atoms with Crippen LogP contribution in [-0.4, -0.2) is 15.7 Å². The number of benzene rings is 1. The average molecular weight is 257 g/mol. The number of aromatic nitrogens is 2. The lowest BCUT2D eigenvalue weighted by Crippen LogP contribution is -2.41. The molecule has 1 amide bonds. The third-order valence-corrected chi connectivity index (χ3v) is 3.12. The first kappa shape index (κ1) is 13.3. The number of amides is 1. The summed E-state index contributed by atoms with van der Waals surface area (Å²) in [5.41, 5.74) is 2.66. The normalized spacial score (nSPS) is 11.4. The van der Waals surface area contributed by atoms with Gasteiger partial charge in [0.25, 0.3) is 0 Å². The van der Waals surface area contributed by atoms with E-state index in [4.69, 9.17) is 0 Å². The lowest BCUT2D eigenvalue weighted by atomic mass is 10.00. The van der Waals surface area contributed by atoms with Crippen molar-refractivity contribution in [3.8, 4) is 5.69 Å². The maximum Gasteiger partial charge on any atom is 0.217 e. The maximum atomic E-state index is 11.3. The van der Waals surface area contributed by atoms with Crippen LogP contribution in [0.4, 0.5) is 0 Å². The van der Waals surface area contributed by atoms with Gasteiger partial charge in [-0.1, -0.05) is 18.2 Å². The number of nitrogens with zero attached hydrogens (tertiary/aromatic N) is 2. The van der Waals surface area contributed by atoms with Gasteiger partial charge in [0.05, 0.1) is 16.9 Å². The molecule has 1 aromatic carbocycles. The average Bonchev–Trinajstić information content (AvgIpc) is 2.77. The molecule has 4 heteroatoms. The molecule has 0 saturated heterocycles. The quantitative estimate of drug-likeness (QED) is 0.918. The number of hydrogen-bond acceptors (Lipinski definition) is 2. The highest BCUT2D eigenvalue weighted by molar-refractivity contribution is 5.74. The molecule has 0 unspecified atom stereocenters. The Morgan fingerprint density at radius 3 is 2.58 bits per heavy atom. The van der Waals surface area contributed by atoms with Crippen LogP contribution in [0.3, 0.4) is 0 Å². The Morgan fingerprint density at radius 1 is 1.26 bits per heavy atom. The predicted octanol–water partition coefficient (Wildman–Crippen LogP) is 2.55. The van der Waals surface area contributed by atoms with E-state index in [1.54, 1.807) is 6.20 Å². The minimum absolute atomic E-state index is 0.0532. The minimum Gasteiger partial charge on any atom is -0.346 e. The standard InChI is InChI=1S/C15H19N3O/c1-11-7-5-6-8-13(11)18-14(9-10-16-18)15(3,4)17-12(2)19/h5-10H,1-4H3,(H,17,19). The Hall–Kier alpha value is -2.10. The van der Waals surface area contributed by atoms with Crippen LogP contribution in [0.1, 0.15) is 32.0 Å². The summed E-state index contributed by atoms with van der Waals surface area (Å²) in [5.74, 6) is -0.0532. The monoisotopic (exact) mass is 257 g/mol.